The van der Waals surface area contributed by atoms with Gasteiger partial charge in [0, 0.05) is 91.1 Å². The van der Waals surface area contributed by atoms with Crippen molar-refractivity contribution >= 4 is 44.7 Å². The van der Waals surface area contributed by atoms with Crippen molar-refractivity contribution in [1.82, 2.24) is 0 Å². The summed E-state index contributed by atoms with van der Waals surface area (Å²) in [5, 5.41) is 46.7. The van der Waals surface area contributed by atoms with Crippen LogP contribution in [-0.2, 0) is 55.7 Å². The first-order valence-electron chi connectivity index (χ1n) is 12.6. The number of carbonyl (C=O) groups excluding carboxylic acids is 4. The third kappa shape index (κ3) is 8.67. The minimum absolute atomic E-state index is 0. The summed E-state index contributed by atoms with van der Waals surface area (Å²) in [5.74, 6) is -4.32. The van der Waals surface area contributed by atoms with Crippen LogP contribution in [0.5, 0.6) is 23.0 Å². The third-order valence-electron chi connectivity index (χ3n) is 5.99. The quantitative estimate of drug-likeness (QED) is 0.203. The number of benzene rings is 4. The minimum Gasteiger partial charge on any atom is -0.872 e. The van der Waals surface area contributed by atoms with E-state index in [-0.39, 0.29) is 78.6 Å². The second-order valence-electron chi connectivity index (χ2n) is 9.51. The van der Waals surface area contributed by atoms with Crippen LogP contribution < -0.4 is 20.4 Å². The third-order valence-corrected chi connectivity index (χ3v) is 5.99. The molecule has 2 aliphatic carbocycles. The Labute approximate surface area is 290 Å². The molecular weight excluding hydrogens is 736 g/mol. The van der Waals surface area contributed by atoms with Gasteiger partial charge in [-0.15, -0.1) is 0 Å². The molecule has 0 heterocycles. The van der Waals surface area contributed by atoms with E-state index in [1.165, 1.54) is 72.8 Å². The SMILES string of the molecule is CS(C)=O.CS(C)=O.O=C1c2cccc([O-])c2C(=O)c2c([O-])cccc21.O=C1c2cccc([O-])c2C(=O)c2c([O-])cccc21.[Cu+2].[Cu+2]. The van der Waals surface area contributed by atoms with Gasteiger partial charge in [-0.25, -0.2) is 0 Å². The van der Waals surface area contributed by atoms with Crippen molar-refractivity contribution in [3.05, 3.63) is 117 Å². The molecule has 0 amide bonds. The van der Waals surface area contributed by atoms with Crippen molar-refractivity contribution in [2.75, 3.05) is 25.0 Å². The zero-order valence-corrected chi connectivity index (χ0v) is 27.9. The molecule has 246 valence electrons. The fourth-order valence-electron chi connectivity index (χ4n) is 4.36. The van der Waals surface area contributed by atoms with E-state index in [9.17, 15) is 48.0 Å². The van der Waals surface area contributed by atoms with Crippen molar-refractivity contribution in [1.29, 1.82) is 0 Å². The molecule has 14 heteroatoms. The number of hydrogen-bond acceptors (Lipinski definition) is 10. The smallest absolute Gasteiger partial charge is 0.872 e. The first-order chi connectivity index (χ1) is 20.7. The second-order valence-corrected chi connectivity index (χ2v) is 12.5. The Morgan fingerprint density at radius 2 is 0.565 bits per heavy atom. The maximum atomic E-state index is 12.1. The normalized spacial score (nSPS) is 11.8. The van der Waals surface area contributed by atoms with E-state index in [1.54, 1.807) is 25.0 Å². The minimum atomic E-state index is -0.657. The number of fused-ring (bicyclic) bond motifs is 4. The molecular formula is C32H24Cu2O10S2. The maximum absolute atomic E-state index is 12.1. The van der Waals surface area contributed by atoms with Gasteiger partial charge in [0.25, 0.3) is 0 Å². The van der Waals surface area contributed by atoms with Crippen LogP contribution in [0.1, 0.15) is 63.7 Å². The van der Waals surface area contributed by atoms with Gasteiger partial charge in [-0.2, -0.15) is 0 Å². The molecule has 0 fully saturated rings. The van der Waals surface area contributed by atoms with Crippen LogP contribution >= 0.6 is 0 Å². The zero-order chi connectivity index (χ0) is 32.9. The van der Waals surface area contributed by atoms with Crippen LogP contribution in [0.3, 0.4) is 0 Å². The van der Waals surface area contributed by atoms with Gasteiger partial charge in [-0.1, -0.05) is 95.8 Å². The average molecular weight is 760 g/mol. The average Bonchev–Trinajstić information content (AvgIpc) is 2.94. The molecule has 2 radical (unpaired) electrons. The Morgan fingerprint density at radius 3 is 0.739 bits per heavy atom. The predicted octanol–water partition coefficient (Wildman–Crippen LogP) is 1.20. The zero-order valence-electron chi connectivity index (χ0n) is 24.4. The number of rotatable bonds is 0. The predicted molar refractivity (Wildman–Crippen MR) is 157 cm³/mol. The number of ketones is 4. The van der Waals surface area contributed by atoms with Crippen molar-refractivity contribution in [3.63, 3.8) is 0 Å². The fraction of sp³-hybridized carbons (Fsp3) is 0.125. The maximum Gasteiger partial charge on any atom is 2.00 e. The van der Waals surface area contributed by atoms with E-state index in [0.717, 1.165) is 0 Å². The summed E-state index contributed by atoms with van der Waals surface area (Å²) < 4.78 is 19.1. The fourth-order valence-corrected chi connectivity index (χ4v) is 4.36. The van der Waals surface area contributed by atoms with Crippen LogP contribution in [0.25, 0.3) is 0 Å². The van der Waals surface area contributed by atoms with Crippen molar-refractivity contribution in [2.45, 2.75) is 0 Å². The summed E-state index contributed by atoms with van der Waals surface area (Å²) in [6, 6.07) is 16.3. The molecule has 4 aromatic rings. The molecule has 0 unspecified atom stereocenters. The molecule has 0 aliphatic heterocycles. The van der Waals surface area contributed by atoms with Gasteiger partial charge >= 0.3 is 34.1 Å². The Kier molecular flexibility index (Phi) is 14.9. The van der Waals surface area contributed by atoms with Crippen LogP contribution in [0.2, 0.25) is 0 Å². The topological polar surface area (TPSA) is 195 Å². The summed E-state index contributed by atoms with van der Waals surface area (Å²) >= 11 is 0. The summed E-state index contributed by atoms with van der Waals surface area (Å²) in [4.78, 5) is 48.5. The molecule has 4 aromatic carbocycles. The Hall–Kier alpha value is -3.90. The van der Waals surface area contributed by atoms with Gasteiger partial charge in [-0.05, 0) is 0 Å². The summed E-state index contributed by atoms with van der Waals surface area (Å²) in [6.45, 7) is 0. The van der Waals surface area contributed by atoms with E-state index >= 15 is 0 Å². The Bertz CT molecular complexity index is 1610. The van der Waals surface area contributed by atoms with Crippen LogP contribution in [0.15, 0.2) is 72.8 Å². The first-order valence-corrected chi connectivity index (χ1v) is 16.5. The number of carbonyl (C=O) groups is 4. The van der Waals surface area contributed by atoms with Gasteiger partial charge in [-0.3, -0.25) is 27.6 Å². The molecule has 0 bridgehead atoms. The van der Waals surface area contributed by atoms with Crippen molar-refractivity contribution in [3.8, 4) is 23.0 Å². The van der Waals surface area contributed by atoms with Gasteiger partial charge in [0.1, 0.15) is 0 Å². The molecule has 0 atom stereocenters. The van der Waals surface area contributed by atoms with Crippen molar-refractivity contribution in [2.24, 2.45) is 0 Å². The van der Waals surface area contributed by atoms with E-state index in [4.69, 9.17) is 0 Å². The Balaban J connectivity index is 0.000000361. The summed E-state index contributed by atoms with van der Waals surface area (Å²) in [7, 11) is -1.22. The first kappa shape index (κ1) is 40.1. The summed E-state index contributed by atoms with van der Waals surface area (Å²) in [6.07, 6.45) is 6.56. The largest absolute Gasteiger partial charge is 2.00 e. The van der Waals surface area contributed by atoms with E-state index < -0.39 is 67.7 Å². The molecule has 0 aromatic heterocycles. The van der Waals surface area contributed by atoms with E-state index in [0.29, 0.717) is 0 Å². The Morgan fingerprint density at radius 1 is 0.391 bits per heavy atom. The molecule has 6 rings (SSSR count). The summed E-state index contributed by atoms with van der Waals surface area (Å²) in [5.41, 5.74) is -0.486. The van der Waals surface area contributed by atoms with Gasteiger partial charge < -0.3 is 20.4 Å². The molecule has 0 spiro atoms. The molecule has 2 aliphatic rings. The molecule has 10 nitrogen and oxygen atoms in total. The van der Waals surface area contributed by atoms with Crippen LogP contribution in [-0.4, -0.2) is 56.6 Å². The van der Waals surface area contributed by atoms with Gasteiger partial charge in [0.15, 0.2) is 23.1 Å². The van der Waals surface area contributed by atoms with Gasteiger partial charge in [0.2, 0.25) is 0 Å². The molecule has 0 saturated heterocycles. The monoisotopic (exact) mass is 758 g/mol. The molecule has 46 heavy (non-hydrogen) atoms. The molecule has 0 N–H and O–H groups in total. The standard InChI is InChI=1S/2C14H8O4.2C2H6OS.2Cu/c2*15-9-5-1-3-7-11(9)14(18)12-8(13(7)17)4-2-6-10(12)16;2*1-4(2)3;;/h2*1-6,15-16H;2*1-2H3;;/q;;;;2*+2/p-4. The van der Waals surface area contributed by atoms with E-state index in [2.05, 4.69) is 0 Å². The number of hydrogen-bond donors (Lipinski definition) is 0. The van der Waals surface area contributed by atoms with Crippen LogP contribution in [0, 0.1) is 0 Å². The molecule has 0 saturated carbocycles. The van der Waals surface area contributed by atoms with Crippen LogP contribution in [0.4, 0.5) is 0 Å². The van der Waals surface area contributed by atoms with Crippen molar-refractivity contribution < 1.29 is 82.2 Å². The van der Waals surface area contributed by atoms with Gasteiger partial charge in [0.05, 0.1) is 0 Å². The second kappa shape index (κ2) is 17.1. The van der Waals surface area contributed by atoms with E-state index in [1.807, 2.05) is 0 Å².